The second-order valence-corrected chi connectivity index (χ2v) is 4.81. The van der Waals surface area contributed by atoms with Crippen molar-refractivity contribution in [2.45, 2.75) is 33.2 Å². The number of aromatic nitrogens is 2. The molecule has 2 heterocycles. The Morgan fingerprint density at radius 2 is 2.13 bits per heavy atom. The Labute approximate surface area is 95.5 Å². The fourth-order valence-corrected chi connectivity index (χ4v) is 2.43. The maximum Gasteiger partial charge on any atom is 0.137 e. The fraction of sp³-hybridized carbons (Fsp3) is 0.636. The van der Waals surface area contributed by atoms with Crippen LogP contribution < -0.4 is 4.90 Å². The molecule has 0 bridgehead atoms. The quantitative estimate of drug-likeness (QED) is 0.689. The van der Waals surface area contributed by atoms with E-state index in [-0.39, 0.29) is 0 Å². The number of hydrogen-bond donors (Lipinski definition) is 0. The van der Waals surface area contributed by atoms with Gasteiger partial charge in [-0.05, 0) is 26.2 Å². The Balaban J connectivity index is 2.33. The van der Waals surface area contributed by atoms with Crippen molar-refractivity contribution in [1.82, 2.24) is 9.97 Å². The van der Waals surface area contributed by atoms with Crippen molar-refractivity contribution in [2.24, 2.45) is 5.92 Å². The third-order valence-electron chi connectivity index (χ3n) is 3.05. The zero-order valence-corrected chi connectivity index (χ0v) is 10.1. The summed E-state index contributed by atoms with van der Waals surface area (Å²) in [6.07, 6.45) is 2.77. The maximum atomic E-state index is 6.00. The van der Waals surface area contributed by atoms with Crippen LogP contribution in [0.3, 0.4) is 0 Å². The van der Waals surface area contributed by atoms with Gasteiger partial charge in [0.25, 0.3) is 0 Å². The van der Waals surface area contributed by atoms with E-state index in [2.05, 4.69) is 28.7 Å². The molecule has 1 aliphatic heterocycles. The minimum Gasteiger partial charge on any atom is -0.353 e. The van der Waals surface area contributed by atoms with Crippen LogP contribution in [0, 0.1) is 12.8 Å². The molecule has 0 N–H and O–H groups in total. The van der Waals surface area contributed by atoms with Crippen LogP contribution in [0.4, 0.5) is 5.82 Å². The highest BCUT2D eigenvalue weighted by molar-refractivity contribution is 6.30. The van der Waals surface area contributed by atoms with Crippen LogP contribution in [0.5, 0.6) is 0 Å². The van der Waals surface area contributed by atoms with E-state index in [9.17, 15) is 0 Å². The molecule has 82 valence electrons. The van der Waals surface area contributed by atoms with Crippen LogP contribution >= 0.6 is 11.6 Å². The summed E-state index contributed by atoms with van der Waals surface area (Å²) in [5.41, 5.74) is 0.986. The third kappa shape index (κ3) is 1.93. The van der Waals surface area contributed by atoms with Crippen molar-refractivity contribution < 1.29 is 0 Å². The van der Waals surface area contributed by atoms with E-state index < -0.39 is 0 Å². The number of hydrogen-bond acceptors (Lipinski definition) is 3. The predicted octanol–water partition coefficient (Wildman–Crippen LogP) is 2.67. The summed E-state index contributed by atoms with van der Waals surface area (Å²) in [4.78, 5) is 10.6. The predicted molar refractivity (Wildman–Crippen MR) is 62.4 cm³/mol. The van der Waals surface area contributed by atoms with Crippen LogP contribution in [0.15, 0.2) is 6.33 Å². The lowest BCUT2D eigenvalue weighted by Crippen LogP contribution is -2.28. The molecule has 0 spiro atoms. The average molecular weight is 226 g/mol. The highest BCUT2D eigenvalue weighted by Crippen LogP contribution is 2.30. The average Bonchev–Trinajstić information content (AvgIpc) is 2.50. The van der Waals surface area contributed by atoms with E-state index in [0.717, 1.165) is 23.8 Å². The van der Waals surface area contributed by atoms with Crippen LogP contribution in [-0.4, -0.2) is 22.6 Å². The molecule has 1 fully saturated rings. The molecule has 0 aromatic carbocycles. The van der Waals surface area contributed by atoms with Crippen LogP contribution in [0.2, 0.25) is 5.15 Å². The van der Waals surface area contributed by atoms with Gasteiger partial charge in [-0.1, -0.05) is 18.5 Å². The lowest BCUT2D eigenvalue weighted by Gasteiger charge is -2.24. The monoisotopic (exact) mass is 225 g/mol. The smallest absolute Gasteiger partial charge is 0.137 e. The molecule has 2 rings (SSSR count). The summed E-state index contributed by atoms with van der Waals surface area (Å²) in [5, 5.41) is 0.562. The Hall–Kier alpha value is -0.830. The van der Waals surface area contributed by atoms with Gasteiger partial charge in [0.15, 0.2) is 0 Å². The standard InChI is InChI=1S/C11H16ClN3/c1-7-4-8(2)15(5-7)11-9(3)10(12)13-6-14-11/h6-8H,4-5H2,1-3H3. The fourth-order valence-electron chi connectivity index (χ4n) is 2.30. The van der Waals surface area contributed by atoms with Gasteiger partial charge in [-0.25, -0.2) is 9.97 Å². The number of halogens is 1. The zero-order valence-electron chi connectivity index (χ0n) is 9.37. The normalized spacial score (nSPS) is 26.0. The molecule has 0 radical (unpaired) electrons. The first-order chi connectivity index (χ1) is 7.09. The summed E-state index contributed by atoms with van der Waals surface area (Å²) >= 11 is 6.00. The molecule has 3 nitrogen and oxygen atoms in total. The largest absolute Gasteiger partial charge is 0.353 e. The summed E-state index contributed by atoms with van der Waals surface area (Å²) in [6.45, 7) is 7.55. The first kappa shape index (κ1) is 10.7. The molecule has 0 saturated carbocycles. The first-order valence-electron chi connectivity index (χ1n) is 5.33. The van der Waals surface area contributed by atoms with Crippen molar-refractivity contribution in [3.05, 3.63) is 17.0 Å². The van der Waals surface area contributed by atoms with E-state index in [1.165, 1.54) is 6.42 Å². The topological polar surface area (TPSA) is 29.0 Å². The third-order valence-corrected chi connectivity index (χ3v) is 3.43. The summed E-state index contributed by atoms with van der Waals surface area (Å²) < 4.78 is 0. The van der Waals surface area contributed by atoms with Gasteiger partial charge >= 0.3 is 0 Å². The number of nitrogens with zero attached hydrogens (tertiary/aromatic N) is 3. The molecule has 4 heteroatoms. The van der Waals surface area contributed by atoms with Crippen molar-refractivity contribution in [1.29, 1.82) is 0 Å². The molecule has 15 heavy (non-hydrogen) atoms. The molecular formula is C11H16ClN3. The van der Waals surface area contributed by atoms with Crippen LogP contribution in [-0.2, 0) is 0 Å². The maximum absolute atomic E-state index is 6.00. The summed E-state index contributed by atoms with van der Waals surface area (Å²) in [6, 6.07) is 0.546. The second-order valence-electron chi connectivity index (χ2n) is 4.46. The molecule has 1 aromatic heterocycles. The van der Waals surface area contributed by atoms with Gasteiger partial charge in [-0.15, -0.1) is 0 Å². The zero-order chi connectivity index (χ0) is 11.0. The van der Waals surface area contributed by atoms with Crippen LogP contribution in [0.25, 0.3) is 0 Å². The van der Waals surface area contributed by atoms with Gasteiger partial charge in [-0.2, -0.15) is 0 Å². The molecule has 2 atom stereocenters. The second kappa shape index (κ2) is 3.97. The van der Waals surface area contributed by atoms with Gasteiger partial charge in [0.05, 0.1) is 0 Å². The van der Waals surface area contributed by atoms with Crippen molar-refractivity contribution >= 4 is 17.4 Å². The number of anilines is 1. The lowest BCUT2D eigenvalue weighted by atomic mass is 10.1. The highest BCUT2D eigenvalue weighted by atomic mass is 35.5. The minimum absolute atomic E-state index is 0.546. The molecular weight excluding hydrogens is 210 g/mol. The number of rotatable bonds is 1. The van der Waals surface area contributed by atoms with E-state index in [1.54, 1.807) is 6.33 Å². The summed E-state index contributed by atoms with van der Waals surface area (Å²) in [7, 11) is 0. The van der Waals surface area contributed by atoms with Gasteiger partial charge < -0.3 is 4.90 Å². The van der Waals surface area contributed by atoms with E-state index in [4.69, 9.17) is 11.6 Å². The SMILES string of the molecule is Cc1c(Cl)ncnc1N1CC(C)CC1C. The van der Waals surface area contributed by atoms with Crippen molar-refractivity contribution in [2.75, 3.05) is 11.4 Å². The molecule has 1 saturated heterocycles. The van der Waals surface area contributed by atoms with Crippen molar-refractivity contribution in [3.63, 3.8) is 0 Å². The van der Waals surface area contributed by atoms with Gasteiger partial charge in [0, 0.05) is 18.2 Å². The summed E-state index contributed by atoms with van der Waals surface area (Å²) in [5.74, 6) is 1.72. The van der Waals surface area contributed by atoms with Gasteiger partial charge in [0.2, 0.25) is 0 Å². The molecule has 0 amide bonds. The van der Waals surface area contributed by atoms with Crippen molar-refractivity contribution in [3.8, 4) is 0 Å². The first-order valence-corrected chi connectivity index (χ1v) is 5.71. The molecule has 0 aliphatic carbocycles. The molecule has 1 aromatic rings. The van der Waals surface area contributed by atoms with Gasteiger partial charge in [-0.3, -0.25) is 0 Å². The highest BCUT2D eigenvalue weighted by Gasteiger charge is 2.28. The molecule has 2 unspecified atom stereocenters. The van der Waals surface area contributed by atoms with E-state index >= 15 is 0 Å². The van der Waals surface area contributed by atoms with Gasteiger partial charge in [0.1, 0.15) is 17.3 Å². The Morgan fingerprint density at radius 1 is 1.40 bits per heavy atom. The Kier molecular flexibility index (Phi) is 2.83. The Bertz CT molecular complexity index is 367. The molecule has 1 aliphatic rings. The lowest BCUT2D eigenvalue weighted by molar-refractivity contribution is 0.625. The Morgan fingerprint density at radius 3 is 2.73 bits per heavy atom. The minimum atomic E-state index is 0.546. The van der Waals surface area contributed by atoms with Crippen LogP contribution in [0.1, 0.15) is 25.8 Å². The van der Waals surface area contributed by atoms with E-state index in [1.807, 2.05) is 6.92 Å². The van der Waals surface area contributed by atoms with E-state index in [0.29, 0.717) is 11.2 Å².